The van der Waals surface area contributed by atoms with E-state index < -0.39 is 0 Å². The molecule has 0 aliphatic carbocycles. The van der Waals surface area contributed by atoms with E-state index >= 15 is 0 Å². The van der Waals surface area contributed by atoms with Crippen molar-refractivity contribution in [3.8, 4) is 0 Å². The molecule has 0 saturated carbocycles. The Morgan fingerprint density at radius 1 is 0.947 bits per heavy atom. The summed E-state index contributed by atoms with van der Waals surface area (Å²) in [6, 6.07) is 15.3. The summed E-state index contributed by atoms with van der Waals surface area (Å²) in [7, 11) is 0. The van der Waals surface area contributed by atoms with E-state index in [0.29, 0.717) is 0 Å². The summed E-state index contributed by atoms with van der Waals surface area (Å²) in [5.74, 6) is -0.190. The number of hydrogen-bond donors (Lipinski definition) is 2. The molecular formula is C16H17FN2. The van der Waals surface area contributed by atoms with E-state index in [1.165, 1.54) is 23.3 Å². The molecule has 98 valence electrons. The lowest BCUT2D eigenvalue weighted by Gasteiger charge is -2.25. The van der Waals surface area contributed by atoms with Gasteiger partial charge >= 0.3 is 0 Å². The van der Waals surface area contributed by atoms with Gasteiger partial charge in [-0.2, -0.15) is 0 Å². The molecule has 1 unspecified atom stereocenters. The van der Waals surface area contributed by atoms with Crippen molar-refractivity contribution in [2.45, 2.75) is 12.6 Å². The molecule has 1 heterocycles. The molecule has 2 aromatic carbocycles. The Balaban J connectivity index is 2.02. The van der Waals surface area contributed by atoms with Crippen LogP contribution in [0.1, 0.15) is 22.7 Å². The fourth-order valence-corrected chi connectivity index (χ4v) is 2.57. The Morgan fingerprint density at radius 3 is 2.58 bits per heavy atom. The van der Waals surface area contributed by atoms with Gasteiger partial charge in [-0.25, -0.2) is 4.39 Å². The van der Waals surface area contributed by atoms with Crippen molar-refractivity contribution in [3.63, 3.8) is 0 Å². The maximum Gasteiger partial charge on any atom is 0.123 e. The first-order valence-corrected chi connectivity index (χ1v) is 6.62. The van der Waals surface area contributed by atoms with Gasteiger partial charge in [0.05, 0.1) is 6.04 Å². The highest BCUT2D eigenvalue weighted by Gasteiger charge is 2.18. The van der Waals surface area contributed by atoms with Crippen molar-refractivity contribution in [2.24, 2.45) is 0 Å². The van der Waals surface area contributed by atoms with Gasteiger partial charge in [0.15, 0.2) is 0 Å². The molecule has 19 heavy (non-hydrogen) atoms. The number of hydrogen-bond acceptors (Lipinski definition) is 2. The van der Waals surface area contributed by atoms with Crippen molar-refractivity contribution >= 4 is 0 Å². The zero-order valence-electron chi connectivity index (χ0n) is 10.7. The van der Waals surface area contributed by atoms with Crippen molar-refractivity contribution < 1.29 is 4.39 Å². The predicted molar refractivity (Wildman–Crippen MR) is 74.4 cm³/mol. The predicted octanol–water partition coefficient (Wildman–Crippen LogP) is 2.61. The largest absolute Gasteiger partial charge is 0.311 e. The van der Waals surface area contributed by atoms with Crippen LogP contribution in [0.15, 0.2) is 48.5 Å². The molecule has 2 aromatic rings. The van der Waals surface area contributed by atoms with E-state index in [1.807, 2.05) is 12.1 Å². The summed E-state index contributed by atoms with van der Waals surface area (Å²) in [5, 5.41) is 6.93. The molecule has 2 N–H and O–H groups in total. The van der Waals surface area contributed by atoms with Gasteiger partial charge in [0.1, 0.15) is 5.82 Å². The molecule has 1 aliphatic rings. The van der Waals surface area contributed by atoms with Crippen molar-refractivity contribution in [3.05, 3.63) is 71.0 Å². The van der Waals surface area contributed by atoms with Crippen LogP contribution in [0, 0.1) is 5.82 Å². The van der Waals surface area contributed by atoms with Crippen LogP contribution in [-0.2, 0) is 6.54 Å². The van der Waals surface area contributed by atoms with E-state index in [1.54, 1.807) is 0 Å². The lowest BCUT2D eigenvalue weighted by Crippen LogP contribution is -2.34. The summed E-state index contributed by atoms with van der Waals surface area (Å²) in [5.41, 5.74) is 3.67. The Kier molecular flexibility index (Phi) is 3.58. The van der Waals surface area contributed by atoms with Gasteiger partial charge in [0.2, 0.25) is 0 Å². The zero-order valence-corrected chi connectivity index (χ0v) is 10.7. The summed E-state index contributed by atoms with van der Waals surface area (Å²) in [6.07, 6.45) is 0. The number of benzene rings is 2. The van der Waals surface area contributed by atoms with E-state index in [9.17, 15) is 4.39 Å². The number of nitrogens with one attached hydrogen (secondary N) is 2. The second kappa shape index (κ2) is 5.51. The topological polar surface area (TPSA) is 24.1 Å². The Morgan fingerprint density at radius 2 is 1.74 bits per heavy atom. The molecule has 0 amide bonds. The van der Waals surface area contributed by atoms with Crippen LogP contribution < -0.4 is 10.6 Å². The van der Waals surface area contributed by atoms with Crippen LogP contribution in [0.25, 0.3) is 0 Å². The third kappa shape index (κ3) is 2.67. The summed E-state index contributed by atoms with van der Waals surface area (Å²) in [4.78, 5) is 0. The molecule has 3 rings (SSSR count). The highest BCUT2D eigenvalue weighted by atomic mass is 19.1. The van der Waals surface area contributed by atoms with E-state index in [0.717, 1.165) is 25.2 Å². The SMILES string of the molecule is Fc1ccc(C2NCCNCc3ccccc32)cc1. The van der Waals surface area contributed by atoms with Gasteiger partial charge < -0.3 is 10.6 Å². The maximum atomic E-state index is 13.1. The molecular weight excluding hydrogens is 239 g/mol. The van der Waals surface area contributed by atoms with Gasteiger partial charge in [0, 0.05) is 19.6 Å². The minimum Gasteiger partial charge on any atom is -0.311 e. The number of rotatable bonds is 1. The summed E-state index contributed by atoms with van der Waals surface area (Å²) >= 11 is 0. The second-order valence-corrected chi connectivity index (χ2v) is 4.81. The Bertz CT molecular complexity index is 551. The van der Waals surface area contributed by atoms with E-state index in [-0.39, 0.29) is 11.9 Å². The second-order valence-electron chi connectivity index (χ2n) is 4.81. The first-order chi connectivity index (χ1) is 9.34. The number of fused-ring (bicyclic) bond motifs is 1. The average Bonchev–Trinajstić information content (AvgIpc) is 2.42. The zero-order chi connectivity index (χ0) is 13.1. The van der Waals surface area contributed by atoms with Gasteiger partial charge in [-0.05, 0) is 28.8 Å². The van der Waals surface area contributed by atoms with Crippen LogP contribution in [0.2, 0.25) is 0 Å². The van der Waals surface area contributed by atoms with Crippen LogP contribution >= 0.6 is 0 Å². The van der Waals surface area contributed by atoms with Gasteiger partial charge in [-0.3, -0.25) is 0 Å². The lowest BCUT2D eigenvalue weighted by atomic mass is 9.93. The monoisotopic (exact) mass is 256 g/mol. The quantitative estimate of drug-likeness (QED) is 0.819. The van der Waals surface area contributed by atoms with E-state index in [2.05, 4.69) is 34.9 Å². The van der Waals surface area contributed by atoms with E-state index in [4.69, 9.17) is 0 Å². The van der Waals surface area contributed by atoms with Crippen LogP contribution in [-0.4, -0.2) is 13.1 Å². The normalized spacial score (nSPS) is 19.3. The molecule has 1 aliphatic heterocycles. The molecule has 0 saturated heterocycles. The van der Waals surface area contributed by atoms with Gasteiger partial charge in [-0.1, -0.05) is 36.4 Å². The smallest absolute Gasteiger partial charge is 0.123 e. The Labute approximate surface area is 112 Å². The third-order valence-electron chi connectivity index (χ3n) is 3.54. The van der Waals surface area contributed by atoms with Crippen LogP contribution in [0.3, 0.4) is 0 Å². The van der Waals surface area contributed by atoms with Crippen molar-refractivity contribution in [2.75, 3.05) is 13.1 Å². The van der Waals surface area contributed by atoms with Gasteiger partial charge in [-0.15, -0.1) is 0 Å². The minimum absolute atomic E-state index is 0.138. The molecule has 0 fully saturated rings. The fraction of sp³-hybridized carbons (Fsp3) is 0.250. The minimum atomic E-state index is -0.190. The van der Waals surface area contributed by atoms with Crippen molar-refractivity contribution in [1.82, 2.24) is 10.6 Å². The highest BCUT2D eigenvalue weighted by Crippen LogP contribution is 2.26. The van der Waals surface area contributed by atoms with Crippen LogP contribution in [0.5, 0.6) is 0 Å². The first kappa shape index (κ1) is 12.3. The molecule has 0 radical (unpaired) electrons. The fourth-order valence-electron chi connectivity index (χ4n) is 2.57. The summed E-state index contributed by atoms with van der Waals surface area (Å²) in [6.45, 7) is 2.72. The van der Waals surface area contributed by atoms with Crippen molar-refractivity contribution in [1.29, 1.82) is 0 Å². The molecule has 3 heteroatoms. The molecule has 0 bridgehead atoms. The maximum absolute atomic E-state index is 13.1. The summed E-state index contributed by atoms with van der Waals surface area (Å²) < 4.78 is 13.1. The third-order valence-corrected chi connectivity index (χ3v) is 3.54. The highest BCUT2D eigenvalue weighted by molar-refractivity contribution is 5.37. The Hall–Kier alpha value is -1.71. The molecule has 2 nitrogen and oxygen atoms in total. The molecule has 0 aromatic heterocycles. The average molecular weight is 256 g/mol. The lowest BCUT2D eigenvalue weighted by molar-refractivity contribution is 0.537. The van der Waals surface area contributed by atoms with Crippen LogP contribution in [0.4, 0.5) is 4.39 Å². The number of halogens is 1. The van der Waals surface area contributed by atoms with Gasteiger partial charge in [0.25, 0.3) is 0 Å². The standard InChI is InChI=1S/C16H17FN2/c17-14-7-5-12(6-8-14)16-15-4-2-1-3-13(15)11-18-9-10-19-16/h1-8,16,18-19H,9-11H2. The molecule has 1 atom stereocenters. The first-order valence-electron chi connectivity index (χ1n) is 6.62. The molecule has 0 spiro atoms.